The summed E-state index contributed by atoms with van der Waals surface area (Å²) in [5.41, 5.74) is 0. The number of sulfone groups is 1. The van der Waals surface area contributed by atoms with Gasteiger partial charge >= 0.3 is 11.9 Å². The number of carboxylic acid groups (broad SMARTS) is 2. The van der Waals surface area contributed by atoms with Gasteiger partial charge in [-0.1, -0.05) is 0 Å². The highest BCUT2D eigenvalue weighted by Crippen LogP contribution is 2.38. The van der Waals surface area contributed by atoms with Gasteiger partial charge in [0.25, 0.3) is 12.9 Å². The van der Waals surface area contributed by atoms with Crippen molar-refractivity contribution in [2.24, 2.45) is 11.8 Å². The van der Waals surface area contributed by atoms with Crippen LogP contribution in [0.5, 0.6) is 0 Å². The molecule has 11 heteroatoms. The van der Waals surface area contributed by atoms with Crippen LogP contribution in [0.1, 0.15) is 38.5 Å². The molecule has 6 atom stereocenters. The number of carbonyl (C=O) groups is 4. The summed E-state index contributed by atoms with van der Waals surface area (Å²) >= 11 is 0. The minimum Gasteiger partial charge on any atom is -0.481 e. The zero-order chi connectivity index (χ0) is 20.2. The number of hydrogen-bond acceptors (Lipinski definition) is 8. The maximum Gasteiger partial charge on any atom is 0.307 e. The van der Waals surface area contributed by atoms with Crippen molar-refractivity contribution in [2.45, 2.75) is 61.2 Å². The van der Waals surface area contributed by atoms with Gasteiger partial charge in [-0.2, -0.15) is 0 Å². The van der Waals surface area contributed by atoms with Crippen LogP contribution < -0.4 is 0 Å². The quantitative estimate of drug-likeness (QED) is 0.524. The van der Waals surface area contributed by atoms with E-state index < -0.39 is 56.3 Å². The number of hydrogen-bond donors (Lipinski definition) is 2. The molecule has 0 heterocycles. The minimum atomic E-state index is -3.79. The van der Waals surface area contributed by atoms with Gasteiger partial charge in [0, 0.05) is 6.42 Å². The predicted octanol–water partition coefficient (Wildman–Crippen LogP) is -0.00900. The van der Waals surface area contributed by atoms with Gasteiger partial charge in [0.15, 0.2) is 9.84 Å². The Hall–Kier alpha value is -2.17. The molecule has 0 radical (unpaired) electrons. The van der Waals surface area contributed by atoms with E-state index in [1.807, 2.05) is 0 Å². The molecular formula is C16H22O10S. The molecule has 2 aliphatic rings. The van der Waals surface area contributed by atoms with Crippen LogP contribution in [0.4, 0.5) is 0 Å². The molecule has 0 aromatic heterocycles. The summed E-state index contributed by atoms with van der Waals surface area (Å²) in [6.07, 6.45) is -1.56. The standard InChI is InChI=1S/C16H22O10S/c17-7-25-13-4-2-10(6-14(13)26-8-18)27(23,24)9-1-3-11(15(19)20)12(5-9)16(21)22/h7-14H,1-6H2,(H,19,20)(H,21,22). The van der Waals surface area contributed by atoms with E-state index in [0.717, 1.165) is 0 Å². The van der Waals surface area contributed by atoms with Crippen molar-refractivity contribution in [1.82, 2.24) is 0 Å². The topological polar surface area (TPSA) is 161 Å². The van der Waals surface area contributed by atoms with E-state index in [4.69, 9.17) is 14.6 Å². The molecule has 2 N–H and O–H groups in total. The van der Waals surface area contributed by atoms with E-state index in [1.165, 1.54) is 0 Å². The van der Waals surface area contributed by atoms with Crippen molar-refractivity contribution in [3.8, 4) is 0 Å². The third-order valence-electron chi connectivity index (χ3n) is 5.51. The van der Waals surface area contributed by atoms with E-state index in [-0.39, 0.29) is 51.5 Å². The Morgan fingerprint density at radius 3 is 1.85 bits per heavy atom. The summed E-state index contributed by atoms with van der Waals surface area (Å²) in [5, 5.41) is 16.6. The van der Waals surface area contributed by atoms with Crippen LogP contribution in [0.25, 0.3) is 0 Å². The van der Waals surface area contributed by atoms with Crippen molar-refractivity contribution in [3.63, 3.8) is 0 Å². The number of carboxylic acids is 2. The molecule has 6 unspecified atom stereocenters. The molecule has 2 rings (SSSR count). The summed E-state index contributed by atoms with van der Waals surface area (Å²) in [4.78, 5) is 43.8. The average molecular weight is 406 g/mol. The number of aliphatic carboxylic acids is 2. The van der Waals surface area contributed by atoms with E-state index in [9.17, 15) is 32.7 Å². The van der Waals surface area contributed by atoms with Crippen LogP contribution >= 0.6 is 0 Å². The summed E-state index contributed by atoms with van der Waals surface area (Å²) in [6.45, 7) is 0.380. The monoisotopic (exact) mass is 406 g/mol. The SMILES string of the molecule is O=COC1CCC(S(=O)(=O)C2CCC(C(=O)O)C(C(=O)O)C2)CC1OC=O. The van der Waals surface area contributed by atoms with Crippen LogP contribution in [-0.2, 0) is 38.5 Å². The molecule has 0 bridgehead atoms. The van der Waals surface area contributed by atoms with Gasteiger partial charge in [-0.3, -0.25) is 19.2 Å². The molecule has 2 saturated carbocycles. The van der Waals surface area contributed by atoms with E-state index >= 15 is 0 Å². The van der Waals surface area contributed by atoms with Gasteiger partial charge in [-0.25, -0.2) is 8.42 Å². The Bertz CT molecular complexity index is 687. The highest BCUT2D eigenvalue weighted by molar-refractivity contribution is 7.92. The fourth-order valence-electron chi connectivity index (χ4n) is 4.08. The number of ether oxygens (including phenoxy) is 2. The second kappa shape index (κ2) is 8.68. The Morgan fingerprint density at radius 2 is 1.30 bits per heavy atom. The molecule has 2 fully saturated rings. The normalized spacial score (nSPS) is 34.2. The summed E-state index contributed by atoms with van der Waals surface area (Å²) < 4.78 is 35.7. The Balaban J connectivity index is 2.15. The Kier molecular flexibility index (Phi) is 6.79. The molecule has 0 amide bonds. The lowest BCUT2D eigenvalue weighted by Crippen LogP contribution is -2.47. The maximum atomic E-state index is 13.0. The average Bonchev–Trinajstić information content (AvgIpc) is 2.62. The van der Waals surface area contributed by atoms with Crippen molar-refractivity contribution in [3.05, 3.63) is 0 Å². The van der Waals surface area contributed by atoms with Crippen molar-refractivity contribution in [2.75, 3.05) is 0 Å². The Morgan fingerprint density at radius 1 is 0.778 bits per heavy atom. The lowest BCUT2D eigenvalue weighted by molar-refractivity contribution is -0.155. The molecule has 0 aromatic carbocycles. The molecule has 10 nitrogen and oxygen atoms in total. The summed E-state index contributed by atoms with van der Waals surface area (Å²) in [5.74, 6) is -4.96. The summed E-state index contributed by atoms with van der Waals surface area (Å²) in [7, 11) is -3.79. The van der Waals surface area contributed by atoms with Crippen molar-refractivity contribution in [1.29, 1.82) is 0 Å². The number of carbonyl (C=O) groups excluding carboxylic acids is 2. The zero-order valence-electron chi connectivity index (χ0n) is 14.4. The second-order valence-electron chi connectivity index (χ2n) is 6.89. The molecule has 0 spiro atoms. The smallest absolute Gasteiger partial charge is 0.307 e. The van der Waals surface area contributed by atoms with Crippen molar-refractivity contribution >= 4 is 34.7 Å². The number of rotatable bonds is 8. The molecule has 152 valence electrons. The second-order valence-corrected chi connectivity index (χ2v) is 9.40. The van der Waals surface area contributed by atoms with Crippen LogP contribution in [0, 0.1) is 11.8 Å². The first-order valence-electron chi connectivity index (χ1n) is 8.58. The zero-order valence-corrected chi connectivity index (χ0v) is 15.2. The molecule has 27 heavy (non-hydrogen) atoms. The maximum absolute atomic E-state index is 13.0. The first-order valence-corrected chi connectivity index (χ1v) is 10.2. The van der Waals surface area contributed by atoms with Gasteiger partial charge in [0.1, 0.15) is 12.2 Å². The fraction of sp³-hybridized carbons (Fsp3) is 0.750. The largest absolute Gasteiger partial charge is 0.481 e. The van der Waals surface area contributed by atoms with Gasteiger partial charge in [-0.15, -0.1) is 0 Å². The van der Waals surface area contributed by atoms with Gasteiger partial charge in [0.05, 0.1) is 22.3 Å². The Labute approximate surface area is 155 Å². The predicted molar refractivity (Wildman–Crippen MR) is 88.3 cm³/mol. The molecular weight excluding hydrogens is 384 g/mol. The minimum absolute atomic E-state index is 0.0337. The van der Waals surface area contributed by atoms with E-state index in [0.29, 0.717) is 0 Å². The van der Waals surface area contributed by atoms with E-state index in [1.54, 1.807) is 0 Å². The van der Waals surface area contributed by atoms with Gasteiger partial charge in [-0.05, 0) is 32.1 Å². The lowest BCUT2D eigenvalue weighted by atomic mass is 9.79. The summed E-state index contributed by atoms with van der Waals surface area (Å²) in [6, 6.07) is 0. The van der Waals surface area contributed by atoms with Crippen LogP contribution in [0.15, 0.2) is 0 Å². The first kappa shape index (κ1) is 21.1. The van der Waals surface area contributed by atoms with E-state index in [2.05, 4.69) is 0 Å². The van der Waals surface area contributed by atoms with Crippen molar-refractivity contribution < 1.29 is 47.3 Å². The third kappa shape index (κ3) is 4.57. The highest BCUT2D eigenvalue weighted by atomic mass is 32.2. The fourth-order valence-corrected chi connectivity index (χ4v) is 6.48. The highest BCUT2D eigenvalue weighted by Gasteiger charge is 2.47. The van der Waals surface area contributed by atoms with Crippen LogP contribution in [0.2, 0.25) is 0 Å². The molecule has 0 aromatic rings. The van der Waals surface area contributed by atoms with Gasteiger partial charge in [0.2, 0.25) is 0 Å². The van der Waals surface area contributed by atoms with Crippen LogP contribution in [0.3, 0.4) is 0 Å². The third-order valence-corrected chi connectivity index (χ3v) is 8.22. The lowest BCUT2D eigenvalue weighted by Gasteiger charge is -2.37. The first-order chi connectivity index (χ1) is 12.7. The van der Waals surface area contributed by atoms with Gasteiger partial charge < -0.3 is 19.7 Å². The molecule has 0 saturated heterocycles. The molecule has 0 aliphatic heterocycles. The van der Waals surface area contributed by atoms with Crippen LogP contribution in [-0.4, -0.2) is 66.2 Å². The molecule has 2 aliphatic carbocycles.